The van der Waals surface area contributed by atoms with Crippen molar-refractivity contribution in [1.29, 1.82) is 0 Å². The molecular weight excluding hydrogens is 426 g/mol. The topological polar surface area (TPSA) is 71.5 Å². The molecule has 1 aliphatic heterocycles. The van der Waals surface area contributed by atoms with Crippen LogP contribution < -0.4 is 0 Å². The first kappa shape index (κ1) is 18.6. The Hall–Kier alpha value is -1.22. The molecule has 0 unspecified atom stereocenters. The number of sulfone groups is 1. The van der Waals surface area contributed by atoms with E-state index in [1.165, 1.54) is 10.4 Å². The van der Waals surface area contributed by atoms with E-state index in [9.17, 15) is 16.8 Å². The third kappa shape index (κ3) is 3.81. The first-order valence-electron chi connectivity index (χ1n) is 7.83. The molecule has 0 aromatic heterocycles. The van der Waals surface area contributed by atoms with Gasteiger partial charge in [0.25, 0.3) is 0 Å². The van der Waals surface area contributed by atoms with Crippen LogP contribution in [0.2, 0.25) is 0 Å². The maximum atomic E-state index is 12.9. The van der Waals surface area contributed by atoms with E-state index in [1.807, 2.05) is 6.07 Å². The lowest BCUT2D eigenvalue weighted by atomic mass is 10.1. The van der Waals surface area contributed by atoms with Crippen molar-refractivity contribution in [2.45, 2.75) is 16.6 Å². The summed E-state index contributed by atoms with van der Waals surface area (Å²) in [5.41, 5.74) is 0.711. The Morgan fingerprint density at radius 1 is 0.960 bits per heavy atom. The summed E-state index contributed by atoms with van der Waals surface area (Å²) in [7, 11) is -7.17. The molecular formula is C17H18BrNO4S2. The standard InChI is InChI=1S/C17H18BrNO4S2/c18-15-8-4-5-9-17(15)25(22,23)19-11-10-16(24(20,21)13-12-19)14-6-2-1-3-7-14/h1-9,16H,10-13H2/t16-/m0/s1. The Bertz CT molecular complexity index is 959. The zero-order valence-corrected chi connectivity index (χ0v) is 16.6. The molecule has 2 aromatic rings. The van der Waals surface area contributed by atoms with E-state index in [0.717, 1.165) is 0 Å². The lowest BCUT2D eigenvalue weighted by Gasteiger charge is -2.20. The van der Waals surface area contributed by atoms with Crippen LogP contribution in [-0.4, -0.2) is 40.0 Å². The predicted octanol–water partition coefficient (Wildman–Crippen LogP) is 3.00. The summed E-state index contributed by atoms with van der Waals surface area (Å²) in [5, 5.41) is -0.673. The highest BCUT2D eigenvalue weighted by atomic mass is 79.9. The second kappa shape index (κ2) is 7.19. The summed E-state index contributed by atoms with van der Waals surface area (Å²) >= 11 is 3.27. The Labute approximate surface area is 156 Å². The van der Waals surface area contributed by atoms with Gasteiger partial charge in [-0.1, -0.05) is 42.5 Å². The zero-order valence-electron chi connectivity index (χ0n) is 13.4. The zero-order chi connectivity index (χ0) is 18.1. The van der Waals surface area contributed by atoms with E-state index in [1.54, 1.807) is 42.5 Å². The summed E-state index contributed by atoms with van der Waals surface area (Å²) in [4.78, 5) is 0.158. The Kier molecular flexibility index (Phi) is 5.34. The van der Waals surface area contributed by atoms with Crippen LogP contribution in [0.4, 0.5) is 0 Å². The van der Waals surface area contributed by atoms with Gasteiger partial charge in [-0.2, -0.15) is 4.31 Å². The second-order valence-electron chi connectivity index (χ2n) is 5.89. The summed E-state index contributed by atoms with van der Waals surface area (Å²) in [6, 6.07) is 15.6. The number of sulfonamides is 1. The summed E-state index contributed by atoms with van der Waals surface area (Å²) in [6.07, 6.45) is 0.246. The number of benzene rings is 2. The third-order valence-electron chi connectivity index (χ3n) is 4.33. The Balaban J connectivity index is 1.92. The van der Waals surface area contributed by atoms with E-state index < -0.39 is 25.1 Å². The van der Waals surface area contributed by atoms with Crippen LogP contribution in [0, 0.1) is 0 Å². The fraction of sp³-hybridized carbons (Fsp3) is 0.294. The molecule has 0 spiro atoms. The molecule has 2 aromatic carbocycles. The van der Waals surface area contributed by atoms with Crippen molar-refractivity contribution in [1.82, 2.24) is 4.31 Å². The largest absolute Gasteiger partial charge is 0.244 e. The molecule has 3 rings (SSSR count). The monoisotopic (exact) mass is 443 g/mol. The molecule has 5 nitrogen and oxygen atoms in total. The van der Waals surface area contributed by atoms with Crippen molar-refractivity contribution < 1.29 is 16.8 Å². The van der Waals surface area contributed by atoms with Gasteiger partial charge in [-0.15, -0.1) is 0 Å². The van der Waals surface area contributed by atoms with Gasteiger partial charge < -0.3 is 0 Å². The molecule has 1 atom stereocenters. The number of hydrogen-bond acceptors (Lipinski definition) is 4. The smallest absolute Gasteiger partial charge is 0.228 e. The van der Waals surface area contributed by atoms with Crippen molar-refractivity contribution >= 4 is 35.8 Å². The molecule has 0 amide bonds. The quantitative estimate of drug-likeness (QED) is 0.730. The van der Waals surface area contributed by atoms with Crippen LogP contribution in [-0.2, 0) is 19.9 Å². The van der Waals surface area contributed by atoms with Crippen LogP contribution in [0.3, 0.4) is 0 Å². The van der Waals surface area contributed by atoms with Gasteiger partial charge in [0.05, 0.1) is 15.9 Å². The summed E-state index contributed by atoms with van der Waals surface area (Å²) < 4.78 is 52.9. The van der Waals surface area contributed by atoms with Crippen molar-refractivity contribution in [3.8, 4) is 0 Å². The predicted molar refractivity (Wildman–Crippen MR) is 100 cm³/mol. The highest BCUT2D eigenvalue weighted by Crippen LogP contribution is 2.32. The second-order valence-corrected chi connectivity index (χ2v) is 11.0. The Morgan fingerprint density at radius 2 is 1.60 bits per heavy atom. The Morgan fingerprint density at radius 3 is 2.28 bits per heavy atom. The van der Waals surface area contributed by atoms with Gasteiger partial charge in [0, 0.05) is 17.6 Å². The van der Waals surface area contributed by atoms with Crippen LogP contribution in [0.1, 0.15) is 17.2 Å². The van der Waals surface area contributed by atoms with Gasteiger partial charge in [-0.3, -0.25) is 0 Å². The van der Waals surface area contributed by atoms with Crippen LogP contribution >= 0.6 is 15.9 Å². The normalized spacial score (nSPS) is 21.6. The molecule has 1 fully saturated rings. The van der Waals surface area contributed by atoms with Crippen LogP contribution in [0.15, 0.2) is 64.0 Å². The first-order chi connectivity index (χ1) is 11.8. The van der Waals surface area contributed by atoms with E-state index in [2.05, 4.69) is 15.9 Å². The highest BCUT2D eigenvalue weighted by molar-refractivity contribution is 9.10. The molecule has 8 heteroatoms. The highest BCUT2D eigenvalue weighted by Gasteiger charge is 2.36. The van der Waals surface area contributed by atoms with Gasteiger partial charge >= 0.3 is 0 Å². The van der Waals surface area contributed by atoms with Crippen LogP contribution in [0.25, 0.3) is 0 Å². The lowest BCUT2D eigenvalue weighted by Crippen LogP contribution is -2.33. The fourth-order valence-corrected chi connectivity index (χ4v) is 7.33. The molecule has 0 bridgehead atoms. The first-order valence-corrected chi connectivity index (χ1v) is 11.8. The third-order valence-corrected chi connectivity index (χ3v) is 9.36. The van der Waals surface area contributed by atoms with Gasteiger partial charge in [-0.05, 0) is 40.0 Å². The van der Waals surface area contributed by atoms with Gasteiger partial charge in [0.2, 0.25) is 10.0 Å². The fourth-order valence-electron chi connectivity index (χ4n) is 3.00. The van der Waals surface area contributed by atoms with Crippen LogP contribution in [0.5, 0.6) is 0 Å². The number of rotatable bonds is 3. The number of halogens is 1. The van der Waals surface area contributed by atoms with Gasteiger partial charge in [0.15, 0.2) is 9.84 Å². The van der Waals surface area contributed by atoms with Crippen molar-refractivity contribution in [3.05, 3.63) is 64.6 Å². The van der Waals surface area contributed by atoms with Crippen molar-refractivity contribution in [3.63, 3.8) is 0 Å². The lowest BCUT2D eigenvalue weighted by molar-refractivity contribution is 0.428. The molecule has 0 radical (unpaired) electrons. The molecule has 0 N–H and O–H groups in total. The van der Waals surface area contributed by atoms with Gasteiger partial charge in [0.1, 0.15) is 0 Å². The molecule has 0 saturated carbocycles. The molecule has 1 heterocycles. The molecule has 25 heavy (non-hydrogen) atoms. The van der Waals surface area contributed by atoms with E-state index >= 15 is 0 Å². The van der Waals surface area contributed by atoms with E-state index in [0.29, 0.717) is 10.0 Å². The average Bonchev–Trinajstić information content (AvgIpc) is 2.74. The maximum absolute atomic E-state index is 12.9. The summed E-state index contributed by atoms with van der Waals surface area (Å²) in [6.45, 7) is 0.137. The van der Waals surface area contributed by atoms with E-state index in [4.69, 9.17) is 0 Å². The number of hydrogen-bond donors (Lipinski definition) is 0. The molecule has 134 valence electrons. The average molecular weight is 444 g/mol. The minimum Gasteiger partial charge on any atom is -0.228 e. The number of nitrogens with zero attached hydrogens (tertiary/aromatic N) is 1. The molecule has 0 aliphatic carbocycles. The minimum absolute atomic E-state index is 0.0324. The van der Waals surface area contributed by atoms with E-state index in [-0.39, 0.29) is 30.2 Å². The van der Waals surface area contributed by atoms with Gasteiger partial charge in [-0.25, -0.2) is 16.8 Å². The minimum atomic E-state index is -3.75. The van der Waals surface area contributed by atoms with Crippen molar-refractivity contribution in [2.24, 2.45) is 0 Å². The van der Waals surface area contributed by atoms with Crippen molar-refractivity contribution in [2.75, 3.05) is 18.8 Å². The summed E-state index contributed by atoms with van der Waals surface area (Å²) in [5.74, 6) is -0.184. The molecule has 1 saturated heterocycles. The molecule has 1 aliphatic rings. The SMILES string of the molecule is O=S1(=O)CCN(S(=O)(=O)c2ccccc2Br)CC[C@H]1c1ccccc1. The maximum Gasteiger partial charge on any atom is 0.244 e.